The van der Waals surface area contributed by atoms with Crippen LogP contribution in [-0.2, 0) is 5.41 Å². The molecule has 2 aromatic carbocycles. The maximum absolute atomic E-state index is 13.5. The molecule has 0 radical (unpaired) electrons. The van der Waals surface area contributed by atoms with E-state index in [4.69, 9.17) is 15.7 Å². The van der Waals surface area contributed by atoms with E-state index in [0.717, 1.165) is 58.6 Å². The maximum atomic E-state index is 13.5. The molecule has 7 rings (SSSR count). The standard InChI is InChI=1S/C27H24FN7/c28-18-8-6-17(7-9-18)27(15-29)20-10-12-35(14-21(20)27)22-13-31-25-24(33-34-26(25)32-22)19-5-1-3-16-4-2-11-30-23(16)19/h1-9,11,13,20-21H,10,12,14-15,29H2,(H,32,33,34). The first kappa shape index (κ1) is 20.5. The lowest BCUT2D eigenvalue weighted by Gasteiger charge is -2.26. The third-order valence-corrected chi connectivity index (χ3v) is 8.02. The summed E-state index contributed by atoms with van der Waals surface area (Å²) < 4.78 is 13.5. The van der Waals surface area contributed by atoms with E-state index in [0.29, 0.717) is 24.0 Å². The average molecular weight is 466 g/mol. The molecular formula is C27H24FN7. The number of H-pyrrole nitrogens is 1. The van der Waals surface area contributed by atoms with Gasteiger partial charge in [0.2, 0.25) is 5.65 Å². The molecule has 2 fully saturated rings. The topological polar surface area (TPSA) is 96.6 Å². The number of hydrogen-bond donors (Lipinski definition) is 2. The van der Waals surface area contributed by atoms with E-state index >= 15 is 0 Å². The molecule has 174 valence electrons. The Morgan fingerprint density at radius 2 is 1.89 bits per heavy atom. The summed E-state index contributed by atoms with van der Waals surface area (Å²) in [5, 5.41) is 8.68. The molecule has 1 aliphatic carbocycles. The van der Waals surface area contributed by atoms with Gasteiger partial charge < -0.3 is 10.6 Å². The lowest BCUT2D eigenvalue weighted by atomic mass is 9.91. The highest BCUT2D eigenvalue weighted by atomic mass is 19.1. The molecule has 3 N–H and O–H groups in total. The van der Waals surface area contributed by atoms with E-state index in [2.05, 4.69) is 20.1 Å². The van der Waals surface area contributed by atoms with Gasteiger partial charge in [-0.25, -0.2) is 14.4 Å². The Kier molecular flexibility index (Phi) is 4.41. The third-order valence-electron chi connectivity index (χ3n) is 8.02. The number of aromatic nitrogens is 5. The van der Waals surface area contributed by atoms with Crippen LogP contribution in [0.4, 0.5) is 10.2 Å². The Balaban J connectivity index is 1.20. The summed E-state index contributed by atoms with van der Waals surface area (Å²) in [5.41, 5.74) is 11.4. The highest BCUT2D eigenvalue weighted by molar-refractivity contribution is 5.99. The first-order valence-corrected chi connectivity index (χ1v) is 12.0. The maximum Gasteiger partial charge on any atom is 0.202 e. The van der Waals surface area contributed by atoms with Crippen LogP contribution in [0.1, 0.15) is 12.0 Å². The van der Waals surface area contributed by atoms with Crippen molar-refractivity contribution in [1.29, 1.82) is 0 Å². The summed E-state index contributed by atoms with van der Waals surface area (Å²) in [7, 11) is 0. The van der Waals surface area contributed by atoms with Crippen LogP contribution in [-0.4, -0.2) is 44.8 Å². The summed E-state index contributed by atoms with van der Waals surface area (Å²) in [5.74, 6) is 1.54. The number of halogens is 1. The summed E-state index contributed by atoms with van der Waals surface area (Å²) in [6, 6.07) is 16.9. The zero-order valence-electron chi connectivity index (χ0n) is 19.0. The molecule has 5 aromatic rings. The molecule has 35 heavy (non-hydrogen) atoms. The lowest BCUT2D eigenvalue weighted by molar-refractivity contribution is 0.545. The molecule has 7 nitrogen and oxygen atoms in total. The second-order valence-corrected chi connectivity index (χ2v) is 9.58. The number of benzene rings is 2. The number of nitrogens with one attached hydrogen (secondary N) is 1. The smallest absolute Gasteiger partial charge is 0.202 e. The molecule has 0 spiro atoms. The Bertz CT molecular complexity index is 1560. The van der Waals surface area contributed by atoms with Gasteiger partial charge in [0, 0.05) is 42.2 Å². The zero-order chi connectivity index (χ0) is 23.6. The van der Waals surface area contributed by atoms with Gasteiger partial charge in [0.05, 0.1) is 17.4 Å². The molecule has 8 heteroatoms. The van der Waals surface area contributed by atoms with Gasteiger partial charge in [0.15, 0.2) is 0 Å². The van der Waals surface area contributed by atoms with E-state index in [1.807, 2.05) is 48.7 Å². The molecule has 4 heterocycles. The fourth-order valence-corrected chi connectivity index (χ4v) is 6.23. The van der Waals surface area contributed by atoms with E-state index < -0.39 is 0 Å². The highest BCUT2D eigenvalue weighted by Crippen LogP contribution is 2.63. The molecular weight excluding hydrogens is 441 g/mol. The number of fused-ring (bicyclic) bond motifs is 3. The summed E-state index contributed by atoms with van der Waals surface area (Å²) in [6.07, 6.45) is 4.65. The van der Waals surface area contributed by atoms with Crippen molar-refractivity contribution in [3.05, 3.63) is 78.4 Å². The largest absolute Gasteiger partial charge is 0.355 e. The molecule has 3 unspecified atom stereocenters. The molecule has 2 aliphatic rings. The molecule has 1 saturated heterocycles. The number of para-hydroxylation sites is 1. The van der Waals surface area contributed by atoms with Gasteiger partial charge in [-0.3, -0.25) is 10.1 Å². The van der Waals surface area contributed by atoms with Gasteiger partial charge in [0.25, 0.3) is 0 Å². The number of piperidine rings is 1. The molecule has 1 saturated carbocycles. The zero-order valence-corrected chi connectivity index (χ0v) is 19.0. The van der Waals surface area contributed by atoms with Crippen molar-refractivity contribution in [3.8, 4) is 11.3 Å². The van der Waals surface area contributed by atoms with Crippen LogP contribution < -0.4 is 10.6 Å². The van der Waals surface area contributed by atoms with Crippen molar-refractivity contribution < 1.29 is 4.39 Å². The molecule has 3 atom stereocenters. The van der Waals surface area contributed by atoms with Crippen LogP contribution in [0.2, 0.25) is 0 Å². The minimum Gasteiger partial charge on any atom is -0.355 e. The Morgan fingerprint density at radius 3 is 2.74 bits per heavy atom. The van der Waals surface area contributed by atoms with Gasteiger partial charge in [-0.1, -0.05) is 36.4 Å². The number of pyridine rings is 1. The second-order valence-electron chi connectivity index (χ2n) is 9.58. The minimum absolute atomic E-state index is 0.0825. The van der Waals surface area contributed by atoms with Crippen molar-refractivity contribution in [2.24, 2.45) is 17.6 Å². The molecule has 0 amide bonds. The lowest BCUT2D eigenvalue weighted by Crippen LogP contribution is -2.32. The van der Waals surface area contributed by atoms with Crippen LogP contribution in [0.25, 0.3) is 33.3 Å². The SMILES string of the molecule is NCC1(c2ccc(F)cc2)C2CCN(c3cnc4c(-c5cccc6cccnc56)[nH]nc4n3)CC21. The predicted octanol–water partition coefficient (Wildman–Crippen LogP) is 4.06. The van der Waals surface area contributed by atoms with Crippen LogP contribution in [0, 0.1) is 17.7 Å². The van der Waals surface area contributed by atoms with Crippen molar-refractivity contribution in [2.75, 3.05) is 24.5 Å². The van der Waals surface area contributed by atoms with E-state index in [1.165, 1.54) is 12.1 Å². The number of hydrogen-bond acceptors (Lipinski definition) is 6. The van der Waals surface area contributed by atoms with Crippen molar-refractivity contribution in [1.82, 2.24) is 25.1 Å². The van der Waals surface area contributed by atoms with Gasteiger partial charge >= 0.3 is 0 Å². The second kappa shape index (κ2) is 7.55. The van der Waals surface area contributed by atoms with Crippen molar-refractivity contribution in [2.45, 2.75) is 11.8 Å². The molecule has 0 bridgehead atoms. The number of nitrogens with two attached hydrogens (primary N) is 1. The Hall–Kier alpha value is -3.91. The normalized spacial score (nSPS) is 23.5. The fourth-order valence-electron chi connectivity index (χ4n) is 6.23. The first-order chi connectivity index (χ1) is 17.2. The summed E-state index contributed by atoms with van der Waals surface area (Å²) >= 11 is 0. The van der Waals surface area contributed by atoms with Crippen LogP contribution in [0.3, 0.4) is 0 Å². The van der Waals surface area contributed by atoms with Crippen molar-refractivity contribution in [3.63, 3.8) is 0 Å². The number of aromatic amines is 1. The van der Waals surface area contributed by atoms with Crippen LogP contribution >= 0.6 is 0 Å². The summed E-state index contributed by atoms with van der Waals surface area (Å²) in [6.45, 7) is 2.30. The van der Waals surface area contributed by atoms with Gasteiger partial charge in [-0.15, -0.1) is 0 Å². The van der Waals surface area contributed by atoms with Gasteiger partial charge in [-0.05, 0) is 42.0 Å². The molecule has 3 aromatic heterocycles. The highest BCUT2D eigenvalue weighted by Gasteiger charge is 2.65. The number of nitrogens with zero attached hydrogens (tertiary/aromatic N) is 5. The Morgan fingerprint density at radius 1 is 1.03 bits per heavy atom. The monoisotopic (exact) mass is 465 g/mol. The number of anilines is 1. The molecule has 1 aliphatic heterocycles. The van der Waals surface area contributed by atoms with E-state index in [-0.39, 0.29) is 11.2 Å². The van der Waals surface area contributed by atoms with Crippen molar-refractivity contribution >= 4 is 27.9 Å². The van der Waals surface area contributed by atoms with E-state index in [9.17, 15) is 4.39 Å². The van der Waals surface area contributed by atoms with Crippen LogP contribution in [0.5, 0.6) is 0 Å². The van der Waals surface area contributed by atoms with Gasteiger partial charge in [-0.2, -0.15) is 5.10 Å². The predicted molar refractivity (Wildman–Crippen MR) is 133 cm³/mol. The summed E-state index contributed by atoms with van der Waals surface area (Å²) in [4.78, 5) is 16.5. The fraction of sp³-hybridized carbons (Fsp3) is 0.259. The Labute approximate surface area is 201 Å². The number of rotatable bonds is 4. The first-order valence-electron chi connectivity index (χ1n) is 12.0. The van der Waals surface area contributed by atoms with E-state index in [1.54, 1.807) is 6.20 Å². The minimum atomic E-state index is -0.215. The third kappa shape index (κ3) is 2.99. The van der Waals surface area contributed by atoms with Crippen LogP contribution in [0.15, 0.2) is 67.0 Å². The average Bonchev–Trinajstić information content (AvgIpc) is 3.37. The van der Waals surface area contributed by atoms with Gasteiger partial charge in [0.1, 0.15) is 17.2 Å². The quantitative estimate of drug-likeness (QED) is 0.416.